The van der Waals surface area contributed by atoms with E-state index in [0.717, 1.165) is 6.07 Å². The van der Waals surface area contributed by atoms with Crippen molar-refractivity contribution in [3.63, 3.8) is 0 Å². The maximum atomic E-state index is 14.0. The van der Waals surface area contributed by atoms with Crippen molar-refractivity contribution in [2.24, 2.45) is 12.8 Å². The van der Waals surface area contributed by atoms with Crippen LogP contribution in [0, 0.1) is 17.7 Å². The Balaban J connectivity index is 1.83. The van der Waals surface area contributed by atoms with Gasteiger partial charge in [0.2, 0.25) is 0 Å². The quantitative estimate of drug-likeness (QED) is 0.432. The molecule has 0 bridgehead atoms. The number of pyridine rings is 2. The molecule has 4 aromatic rings. The van der Waals surface area contributed by atoms with Crippen LogP contribution in [0.4, 0.5) is 4.39 Å². The third kappa shape index (κ3) is 3.84. The second-order valence-corrected chi connectivity index (χ2v) is 7.29. The lowest BCUT2D eigenvalue weighted by atomic mass is 9.88. The molecule has 0 saturated carbocycles. The number of H-pyrrole nitrogens is 1. The molecule has 0 aliphatic rings. The Kier molecular flexibility index (Phi) is 5.48. The summed E-state index contributed by atoms with van der Waals surface area (Å²) in [6, 6.07) is 8.65. The molecule has 0 fully saturated rings. The molecule has 0 radical (unpaired) electrons. The highest BCUT2D eigenvalue weighted by molar-refractivity contribution is 6.00. The van der Waals surface area contributed by atoms with Gasteiger partial charge in [-0.15, -0.1) is 0 Å². The maximum Gasteiger partial charge on any atom is 0.254 e. The molecule has 32 heavy (non-hydrogen) atoms. The number of benzene rings is 1. The number of rotatable bonds is 4. The number of carbonyl (C=O) groups is 1. The monoisotopic (exact) mass is 430 g/mol. The molecular weight excluding hydrogens is 411 g/mol. The van der Waals surface area contributed by atoms with Gasteiger partial charge in [0.05, 0.1) is 5.56 Å². The predicted molar refractivity (Wildman–Crippen MR) is 118 cm³/mol. The van der Waals surface area contributed by atoms with Crippen LogP contribution in [-0.2, 0) is 7.05 Å². The number of phenolic OH excluding ortho intramolecular Hbond substituents is 1. The number of nitrogens with one attached hydrogen (secondary N) is 1. The van der Waals surface area contributed by atoms with Gasteiger partial charge in [0.25, 0.3) is 11.5 Å². The van der Waals surface area contributed by atoms with E-state index >= 15 is 0 Å². The molecule has 4 N–H and O–H groups in total. The second-order valence-electron chi connectivity index (χ2n) is 7.29. The Morgan fingerprint density at radius 1 is 1.31 bits per heavy atom. The number of halogens is 1. The molecule has 0 spiro atoms. The van der Waals surface area contributed by atoms with Crippen LogP contribution in [-0.4, -0.2) is 25.5 Å². The molecular formula is C24H19FN4O3. The summed E-state index contributed by atoms with van der Waals surface area (Å²) >= 11 is 0. The first-order chi connectivity index (χ1) is 15.4. The Labute approximate surface area is 182 Å². The van der Waals surface area contributed by atoms with E-state index in [2.05, 4.69) is 21.8 Å². The number of hydrogen-bond donors (Lipinski definition) is 3. The standard InChI is InChI=1S/C24H19FN4O3/c1-29-11-3-6-18(24(29)32)16(19-12-14(25)7-8-21(19)30)5-2-4-15-17-9-10-27-23(17)28-13-20(15)22(26)31/h3,6-13,16,30H,5H2,1H3,(H2,26,31)(H,27,28). The van der Waals surface area contributed by atoms with E-state index in [0.29, 0.717) is 22.2 Å². The number of hydrogen-bond acceptors (Lipinski definition) is 4. The zero-order valence-corrected chi connectivity index (χ0v) is 17.1. The number of nitrogens with zero attached hydrogens (tertiary/aromatic N) is 2. The van der Waals surface area contributed by atoms with E-state index in [-0.39, 0.29) is 28.9 Å². The number of fused-ring (bicyclic) bond motifs is 1. The van der Waals surface area contributed by atoms with Crippen LogP contribution >= 0.6 is 0 Å². The van der Waals surface area contributed by atoms with Crippen molar-refractivity contribution in [3.05, 3.63) is 93.4 Å². The fourth-order valence-corrected chi connectivity index (χ4v) is 3.65. The van der Waals surface area contributed by atoms with Crippen LogP contribution in [0.3, 0.4) is 0 Å². The molecule has 160 valence electrons. The van der Waals surface area contributed by atoms with E-state index in [1.807, 2.05) is 0 Å². The van der Waals surface area contributed by atoms with Gasteiger partial charge < -0.3 is 20.4 Å². The van der Waals surface area contributed by atoms with E-state index in [1.54, 1.807) is 37.6 Å². The highest BCUT2D eigenvalue weighted by Gasteiger charge is 2.21. The fourth-order valence-electron chi connectivity index (χ4n) is 3.65. The van der Waals surface area contributed by atoms with E-state index in [4.69, 9.17) is 5.73 Å². The molecule has 3 heterocycles. The van der Waals surface area contributed by atoms with E-state index < -0.39 is 17.6 Å². The minimum absolute atomic E-state index is 0.0860. The van der Waals surface area contributed by atoms with E-state index in [9.17, 15) is 19.1 Å². The lowest BCUT2D eigenvalue weighted by Crippen LogP contribution is -2.23. The van der Waals surface area contributed by atoms with Crippen LogP contribution in [0.1, 0.15) is 39.4 Å². The normalized spacial score (nSPS) is 11.7. The predicted octanol–water partition coefficient (Wildman–Crippen LogP) is 2.78. The second kappa shape index (κ2) is 8.40. The number of nitrogens with two attached hydrogens (primary N) is 1. The molecule has 1 unspecified atom stereocenters. The summed E-state index contributed by atoms with van der Waals surface area (Å²) < 4.78 is 15.4. The average Bonchev–Trinajstić information content (AvgIpc) is 3.24. The first kappa shape index (κ1) is 20.9. The van der Waals surface area contributed by atoms with Crippen molar-refractivity contribution in [2.75, 3.05) is 0 Å². The minimum Gasteiger partial charge on any atom is -0.508 e. The Morgan fingerprint density at radius 3 is 2.91 bits per heavy atom. The highest BCUT2D eigenvalue weighted by Crippen LogP contribution is 2.33. The van der Waals surface area contributed by atoms with Crippen molar-refractivity contribution in [3.8, 4) is 17.6 Å². The van der Waals surface area contributed by atoms with Gasteiger partial charge in [0.15, 0.2) is 0 Å². The highest BCUT2D eigenvalue weighted by atomic mass is 19.1. The molecule has 1 amide bonds. The smallest absolute Gasteiger partial charge is 0.254 e. The lowest BCUT2D eigenvalue weighted by molar-refractivity contribution is 0.1000. The summed E-state index contributed by atoms with van der Waals surface area (Å²) in [7, 11) is 1.61. The first-order valence-electron chi connectivity index (χ1n) is 9.75. The average molecular weight is 430 g/mol. The molecule has 0 saturated heterocycles. The van der Waals surface area contributed by atoms with Crippen LogP contribution in [0.25, 0.3) is 11.0 Å². The van der Waals surface area contributed by atoms with Gasteiger partial charge >= 0.3 is 0 Å². The van der Waals surface area contributed by atoms with Gasteiger partial charge in [-0.25, -0.2) is 9.37 Å². The van der Waals surface area contributed by atoms with E-state index in [1.165, 1.54) is 22.9 Å². The van der Waals surface area contributed by atoms with Gasteiger partial charge in [0.1, 0.15) is 17.2 Å². The van der Waals surface area contributed by atoms with Crippen LogP contribution in [0.15, 0.2) is 59.8 Å². The van der Waals surface area contributed by atoms with Crippen molar-refractivity contribution in [1.29, 1.82) is 0 Å². The molecule has 0 aliphatic heterocycles. The summed E-state index contributed by atoms with van der Waals surface area (Å²) in [6.07, 6.45) is 4.73. The van der Waals surface area contributed by atoms with Crippen molar-refractivity contribution < 1.29 is 14.3 Å². The van der Waals surface area contributed by atoms with Crippen LogP contribution in [0.2, 0.25) is 0 Å². The zero-order chi connectivity index (χ0) is 22.8. The summed E-state index contributed by atoms with van der Waals surface area (Å²) in [5, 5.41) is 11.0. The van der Waals surface area contributed by atoms with Gasteiger partial charge in [-0.05, 0) is 30.3 Å². The number of primary amides is 1. The van der Waals surface area contributed by atoms with Crippen LogP contribution < -0.4 is 11.3 Å². The third-order valence-corrected chi connectivity index (χ3v) is 5.26. The molecule has 7 nitrogen and oxygen atoms in total. The molecule has 3 aromatic heterocycles. The number of carbonyl (C=O) groups excluding carboxylic acids is 1. The van der Waals surface area contributed by atoms with Gasteiger partial charge in [-0.3, -0.25) is 9.59 Å². The van der Waals surface area contributed by atoms with Crippen molar-refractivity contribution >= 4 is 16.9 Å². The summed E-state index contributed by atoms with van der Waals surface area (Å²) in [5.74, 6) is 3.91. The van der Waals surface area contributed by atoms with Crippen LogP contribution in [0.5, 0.6) is 5.75 Å². The number of aryl methyl sites for hydroxylation is 1. The maximum absolute atomic E-state index is 14.0. The molecule has 1 aromatic carbocycles. The number of amides is 1. The first-order valence-corrected chi connectivity index (χ1v) is 9.75. The fraction of sp³-hybridized carbons (Fsp3) is 0.125. The SMILES string of the molecule is Cn1cccc(C(CC#Cc2c(C(N)=O)cnc3[nH]ccc23)c2cc(F)ccc2O)c1=O. The zero-order valence-electron chi connectivity index (χ0n) is 17.1. The van der Waals surface area contributed by atoms with Gasteiger partial charge in [-0.1, -0.05) is 17.9 Å². The molecule has 4 rings (SSSR count). The number of aromatic nitrogens is 3. The summed E-state index contributed by atoms with van der Waals surface area (Å²) in [5.41, 5.74) is 6.95. The molecule has 0 aliphatic carbocycles. The van der Waals surface area contributed by atoms with Gasteiger partial charge in [-0.2, -0.15) is 0 Å². The minimum atomic E-state index is -0.696. The number of phenols is 1. The lowest BCUT2D eigenvalue weighted by Gasteiger charge is -2.17. The van der Waals surface area contributed by atoms with Crippen molar-refractivity contribution in [2.45, 2.75) is 12.3 Å². The Hall–Kier alpha value is -4.38. The van der Waals surface area contributed by atoms with Crippen molar-refractivity contribution in [1.82, 2.24) is 14.5 Å². The largest absolute Gasteiger partial charge is 0.508 e. The van der Waals surface area contributed by atoms with Gasteiger partial charge in [0, 0.05) is 60.1 Å². The molecule has 8 heteroatoms. The topological polar surface area (TPSA) is 114 Å². The summed E-state index contributed by atoms with van der Waals surface area (Å²) in [6.45, 7) is 0. The molecule has 1 atom stereocenters. The summed E-state index contributed by atoms with van der Waals surface area (Å²) in [4.78, 5) is 31.8. The third-order valence-electron chi connectivity index (χ3n) is 5.26. The Bertz CT molecular complexity index is 1460. The Morgan fingerprint density at radius 2 is 2.12 bits per heavy atom. The number of aromatic amines is 1. The number of aromatic hydroxyl groups is 1.